The summed E-state index contributed by atoms with van der Waals surface area (Å²) >= 11 is 0. The van der Waals surface area contributed by atoms with Crippen molar-refractivity contribution in [3.63, 3.8) is 0 Å². The third-order valence-electron chi connectivity index (χ3n) is 4.42. The third-order valence-corrected chi connectivity index (χ3v) is 4.42. The van der Waals surface area contributed by atoms with E-state index in [1.165, 1.54) is 0 Å². The molecule has 1 fully saturated rings. The van der Waals surface area contributed by atoms with E-state index in [-0.39, 0.29) is 5.91 Å². The van der Waals surface area contributed by atoms with E-state index in [9.17, 15) is 9.59 Å². The SMILES string of the molecule is COc1ccc(CNC(=O)c2cc(N3CCN(C=O)CC3)ccn2)cc1. The maximum absolute atomic E-state index is 12.4. The second kappa shape index (κ2) is 8.33. The Balaban J connectivity index is 1.60. The summed E-state index contributed by atoms with van der Waals surface area (Å²) in [5, 5.41) is 2.88. The number of hydrogen-bond donors (Lipinski definition) is 1. The molecule has 0 bridgehead atoms. The van der Waals surface area contributed by atoms with Crippen LogP contribution in [0.25, 0.3) is 0 Å². The Morgan fingerprint density at radius 2 is 1.92 bits per heavy atom. The van der Waals surface area contributed by atoms with Gasteiger partial charge in [0.2, 0.25) is 6.41 Å². The molecule has 2 amide bonds. The monoisotopic (exact) mass is 354 g/mol. The van der Waals surface area contributed by atoms with Gasteiger partial charge in [0.1, 0.15) is 11.4 Å². The highest BCUT2D eigenvalue weighted by Gasteiger charge is 2.17. The maximum Gasteiger partial charge on any atom is 0.270 e. The molecular weight excluding hydrogens is 332 g/mol. The summed E-state index contributed by atoms with van der Waals surface area (Å²) in [5.41, 5.74) is 2.31. The Bertz CT molecular complexity index is 756. The number of nitrogens with zero attached hydrogens (tertiary/aromatic N) is 3. The fraction of sp³-hybridized carbons (Fsp3) is 0.316. The van der Waals surface area contributed by atoms with E-state index >= 15 is 0 Å². The Kier molecular flexibility index (Phi) is 5.68. The van der Waals surface area contributed by atoms with Crippen molar-refractivity contribution in [3.05, 3.63) is 53.9 Å². The second-order valence-electron chi connectivity index (χ2n) is 6.06. The molecule has 0 radical (unpaired) electrons. The van der Waals surface area contributed by atoms with Gasteiger partial charge in [-0.1, -0.05) is 12.1 Å². The van der Waals surface area contributed by atoms with Gasteiger partial charge in [-0.05, 0) is 29.8 Å². The van der Waals surface area contributed by atoms with Crippen LogP contribution in [-0.2, 0) is 11.3 Å². The lowest BCUT2D eigenvalue weighted by molar-refractivity contribution is -0.118. The van der Waals surface area contributed by atoms with Crippen LogP contribution in [0, 0.1) is 0 Å². The summed E-state index contributed by atoms with van der Waals surface area (Å²) in [6.45, 7) is 3.29. The minimum atomic E-state index is -0.214. The Morgan fingerprint density at radius 3 is 2.58 bits per heavy atom. The van der Waals surface area contributed by atoms with Crippen molar-refractivity contribution in [2.75, 3.05) is 38.2 Å². The Morgan fingerprint density at radius 1 is 1.19 bits per heavy atom. The summed E-state index contributed by atoms with van der Waals surface area (Å²) in [4.78, 5) is 31.3. The first kappa shape index (κ1) is 17.7. The molecule has 7 heteroatoms. The number of carbonyl (C=O) groups excluding carboxylic acids is 2. The maximum atomic E-state index is 12.4. The first-order chi connectivity index (χ1) is 12.7. The Labute approximate surface area is 152 Å². The molecule has 0 atom stereocenters. The molecule has 1 aliphatic heterocycles. The van der Waals surface area contributed by atoms with Crippen LogP contribution in [0.3, 0.4) is 0 Å². The number of aromatic nitrogens is 1. The van der Waals surface area contributed by atoms with Gasteiger partial charge in [-0.3, -0.25) is 14.6 Å². The number of anilines is 1. The smallest absolute Gasteiger partial charge is 0.270 e. The second-order valence-corrected chi connectivity index (χ2v) is 6.06. The fourth-order valence-electron chi connectivity index (χ4n) is 2.84. The van der Waals surface area contributed by atoms with Gasteiger partial charge >= 0.3 is 0 Å². The van der Waals surface area contributed by atoms with Gasteiger partial charge in [0.15, 0.2) is 0 Å². The molecule has 2 aromatic rings. The molecule has 2 heterocycles. The zero-order valence-corrected chi connectivity index (χ0v) is 14.7. The summed E-state index contributed by atoms with van der Waals surface area (Å²) in [6, 6.07) is 11.2. The third kappa shape index (κ3) is 4.30. The van der Waals surface area contributed by atoms with Crippen molar-refractivity contribution < 1.29 is 14.3 Å². The summed E-state index contributed by atoms with van der Waals surface area (Å²) in [5.74, 6) is 0.568. The first-order valence-corrected chi connectivity index (χ1v) is 8.51. The molecule has 7 nitrogen and oxygen atoms in total. The van der Waals surface area contributed by atoms with Crippen LogP contribution in [-0.4, -0.2) is 55.5 Å². The number of nitrogens with one attached hydrogen (secondary N) is 1. The van der Waals surface area contributed by atoms with Crippen molar-refractivity contribution >= 4 is 18.0 Å². The summed E-state index contributed by atoms with van der Waals surface area (Å²) in [6.07, 6.45) is 2.52. The molecule has 1 aromatic carbocycles. The standard InChI is InChI=1S/C19H22N4O3/c1-26-17-4-2-15(3-5-17)13-21-19(25)18-12-16(6-7-20-18)23-10-8-22(14-24)9-11-23/h2-7,12,14H,8-11,13H2,1H3,(H,21,25). The van der Waals surface area contributed by atoms with E-state index in [0.717, 1.165) is 36.5 Å². The van der Waals surface area contributed by atoms with Crippen LogP contribution in [0.4, 0.5) is 5.69 Å². The largest absolute Gasteiger partial charge is 0.497 e. The molecule has 0 saturated carbocycles. The van der Waals surface area contributed by atoms with Gasteiger partial charge in [-0.15, -0.1) is 0 Å². The highest BCUT2D eigenvalue weighted by Crippen LogP contribution is 2.17. The van der Waals surface area contributed by atoms with E-state index in [1.807, 2.05) is 30.3 Å². The Hall–Kier alpha value is -3.09. The van der Waals surface area contributed by atoms with Crippen molar-refractivity contribution in [1.82, 2.24) is 15.2 Å². The minimum absolute atomic E-state index is 0.214. The predicted molar refractivity (Wildman–Crippen MR) is 98.3 cm³/mol. The van der Waals surface area contributed by atoms with Gasteiger partial charge in [0, 0.05) is 44.6 Å². The van der Waals surface area contributed by atoms with Gasteiger partial charge in [0.05, 0.1) is 7.11 Å². The number of methoxy groups -OCH3 is 1. The van der Waals surface area contributed by atoms with Crippen LogP contribution in [0.2, 0.25) is 0 Å². The number of benzene rings is 1. The van der Waals surface area contributed by atoms with Gasteiger partial charge in [-0.2, -0.15) is 0 Å². The number of hydrogen-bond acceptors (Lipinski definition) is 5. The molecule has 136 valence electrons. The van der Waals surface area contributed by atoms with Gasteiger partial charge < -0.3 is 19.9 Å². The lowest BCUT2D eigenvalue weighted by Crippen LogP contribution is -2.45. The number of ether oxygens (including phenoxy) is 1. The minimum Gasteiger partial charge on any atom is -0.497 e. The van der Waals surface area contributed by atoms with E-state index in [4.69, 9.17) is 4.74 Å². The zero-order valence-electron chi connectivity index (χ0n) is 14.7. The molecule has 26 heavy (non-hydrogen) atoms. The van der Waals surface area contributed by atoms with E-state index in [0.29, 0.717) is 25.3 Å². The molecule has 3 rings (SSSR count). The van der Waals surface area contributed by atoms with Crippen molar-refractivity contribution in [3.8, 4) is 5.75 Å². The van der Waals surface area contributed by atoms with E-state index in [1.54, 1.807) is 24.3 Å². The lowest BCUT2D eigenvalue weighted by atomic mass is 10.2. The molecule has 0 unspecified atom stereocenters. The molecule has 1 aromatic heterocycles. The van der Waals surface area contributed by atoms with E-state index in [2.05, 4.69) is 15.2 Å². The molecule has 0 aliphatic carbocycles. The van der Waals surface area contributed by atoms with Crippen LogP contribution < -0.4 is 15.0 Å². The highest BCUT2D eigenvalue weighted by atomic mass is 16.5. The van der Waals surface area contributed by atoms with Crippen molar-refractivity contribution in [1.29, 1.82) is 0 Å². The molecule has 1 aliphatic rings. The van der Waals surface area contributed by atoms with Crippen molar-refractivity contribution in [2.45, 2.75) is 6.54 Å². The highest BCUT2D eigenvalue weighted by molar-refractivity contribution is 5.93. The number of piperazine rings is 1. The number of pyridine rings is 1. The predicted octanol–water partition coefficient (Wildman–Crippen LogP) is 1.30. The molecule has 0 spiro atoms. The van der Waals surface area contributed by atoms with Crippen LogP contribution in [0.15, 0.2) is 42.6 Å². The van der Waals surface area contributed by atoms with Crippen LogP contribution in [0.5, 0.6) is 5.75 Å². The zero-order chi connectivity index (χ0) is 18.4. The lowest BCUT2D eigenvalue weighted by Gasteiger charge is -2.34. The number of rotatable bonds is 6. The molecule has 1 N–H and O–H groups in total. The summed E-state index contributed by atoms with van der Waals surface area (Å²) < 4.78 is 5.12. The van der Waals surface area contributed by atoms with Crippen molar-refractivity contribution in [2.24, 2.45) is 0 Å². The van der Waals surface area contributed by atoms with Gasteiger partial charge in [-0.25, -0.2) is 0 Å². The quantitative estimate of drug-likeness (QED) is 0.792. The molecular formula is C19H22N4O3. The number of carbonyl (C=O) groups is 2. The summed E-state index contributed by atoms with van der Waals surface area (Å²) in [7, 11) is 1.62. The topological polar surface area (TPSA) is 74.8 Å². The average Bonchev–Trinajstić information content (AvgIpc) is 2.72. The normalized spacial score (nSPS) is 14.0. The van der Waals surface area contributed by atoms with E-state index < -0.39 is 0 Å². The van der Waals surface area contributed by atoms with Gasteiger partial charge in [0.25, 0.3) is 5.91 Å². The first-order valence-electron chi connectivity index (χ1n) is 8.51. The number of amides is 2. The average molecular weight is 354 g/mol. The van der Waals surface area contributed by atoms with Crippen LogP contribution >= 0.6 is 0 Å². The molecule has 1 saturated heterocycles. The van der Waals surface area contributed by atoms with Crippen LogP contribution in [0.1, 0.15) is 16.1 Å². The fourth-order valence-corrected chi connectivity index (χ4v) is 2.84.